The van der Waals surface area contributed by atoms with Gasteiger partial charge in [-0.15, -0.1) is 0 Å². The van der Waals surface area contributed by atoms with E-state index >= 15 is 0 Å². The van der Waals surface area contributed by atoms with Gasteiger partial charge in [-0.3, -0.25) is 0 Å². The van der Waals surface area contributed by atoms with Crippen LogP contribution in [0.15, 0.2) is 34.8 Å². The second kappa shape index (κ2) is 5.46. The van der Waals surface area contributed by atoms with Crippen LogP contribution in [0.25, 0.3) is 0 Å². The molecule has 4 nitrogen and oxygen atoms in total. The molecule has 1 aromatic heterocycles. The van der Waals surface area contributed by atoms with Gasteiger partial charge < -0.3 is 15.8 Å². The maximum atomic E-state index is 5.84. The minimum absolute atomic E-state index is 0.380. The standard InChI is InChI=1S/C12H11BrClN3O/c1-18-7-2-3-8(13)10(6-7)16-12-9(15)4-5-11(14)17-12/h2-6H,15H2,1H3,(H,16,17). The van der Waals surface area contributed by atoms with Crippen LogP contribution in [-0.2, 0) is 0 Å². The molecule has 0 bridgehead atoms. The van der Waals surface area contributed by atoms with E-state index in [1.807, 2.05) is 18.2 Å². The molecule has 6 heteroatoms. The number of hydrogen-bond donors (Lipinski definition) is 2. The number of rotatable bonds is 3. The Bertz CT molecular complexity index is 577. The average molecular weight is 329 g/mol. The second-order valence-electron chi connectivity index (χ2n) is 3.54. The first-order valence-electron chi connectivity index (χ1n) is 5.12. The molecular weight excluding hydrogens is 318 g/mol. The van der Waals surface area contributed by atoms with E-state index in [-0.39, 0.29) is 0 Å². The molecule has 0 aliphatic heterocycles. The van der Waals surface area contributed by atoms with E-state index in [1.54, 1.807) is 19.2 Å². The summed E-state index contributed by atoms with van der Waals surface area (Å²) in [6.07, 6.45) is 0. The fourth-order valence-electron chi connectivity index (χ4n) is 1.40. The van der Waals surface area contributed by atoms with E-state index in [1.165, 1.54) is 0 Å². The van der Waals surface area contributed by atoms with Crippen molar-refractivity contribution in [2.75, 3.05) is 18.2 Å². The molecule has 0 amide bonds. The third-order valence-electron chi connectivity index (χ3n) is 2.32. The van der Waals surface area contributed by atoms with Crippen molar-refractivity contribution in [1.82, 2.24) is 4.98 Å². The summed E-state index contributed by atoms with van der Waals surface area (Å²) < 4.78 is 6.04. The van der Waals surface area contributed by atoms with Gasteiger partial charge in [0.1, 0.15) is 10.9 Å². The van der Waals surface area contributed by atoms with E-state index in [0.29, 0.717) is 16.7 Å². The molecule has 0 radical (unpaired) electrons. The third-order valence-corrected chi connectivity index (χ3v) is 3.22. The number of benzene rings is 1. The molecule has 0 aliphatic carbocycles. The van der Waals surface area contributed by atoms with E-state index in [2.05, 4.69) is 26.2 Å². The summed E-state index contributed by atoms with van der Waals surface area (Å²) >= 11 is 9.28. The molecule has 0 unspecified atom stereocenters. The minimum Gasteiger partial charge on any atom is -0.497 e. The van der Waals surface area contributed by atoms with Gasteiger partial charge in [-0.25, -0.2) is 4.98 Å². The van der Waals surface area contributed by atoms with Gasteiger partial charge in [0, 0.05) is 10.5 Å². The van der Waals surface area contributed by atoms with Crippen LogP contribution in [0.4, 0.5) is 17.2 Å². The van der Waals surface area contributed by atoms with Crippen LogP contribution in [0.2, 0.25) is 5.15 Å². The summed E-state index contributed by atoms with van der Waals surface area (Å²) in [4.78, 5) is 4.13. The van der Waals surface area contributed by atoms with Crippen molar-refractivity contribution in [3.8, 4) is 5.75 Å². The zero-order valence-corrected chi connectivity index (χ0v) is 11.9. The highest BCUT2D eigenvalue weighted by Gasteiger charge is 2.06. The van der Waals surface area contributed by atoms with Gasteiger partial charge in [-0.1, -0.05) is 11.6 Å². The van der Waals surface area contributed by atoms with Crippen molar-refractivity contribution in [1.29, 1.82) is 0 Å². The first kappa shape index (κ1) is 13.0. The monoisotopic (exact) mass is 327 g/mol. The first-order valence-corrected chi connectivity index (χ1v) is 6.30. The maximum Gasteiger partial charge on any atom is 0.155 e. The number of pyridine rings is 1. The fourth-order valence-corrected chi connectivity index (χ4v) is 1.89. The predicted molar refractivity (Wildman–Crippen MR) is 77.6 cm³/mol. The minimum atomic E-state index is 0.380. The highest BCUT2D eigenvalue weighted by molar-refractivity contribution is 9.10. The molecule has 0 spiro atoms. The van der Waals surface area contributed by atoms with Gasteiger partial charge in [-0.2, -0.15) is 0 Å². The molecule has 0 atom stereocenters. The number of nitrogens with zero attached hydrogens (tertiary/aromatic N) is 1. The summed E-state index contributed by atoms with van der Waals surface area (Å²) in [6.45, 7) is 0. The Morgan fingerprint density at radius 3 is 2.83 bits per heavy atom. The quantitative estimate of drug-likeness (QED) is 0.841. The third kappa shape index (κ3) is 2.86. The number of halogens is 2. The van der Waals surface area contributed by atoms with Crippen molar-refractivity contribution in [3.63, 3.8) is 0 Å². The van der Waals surface area contributed by atoms with Crippen molar-refractivity contribution >= 4 is 44.7 Å². The Morgan fingerprint density at radius 1 is 1.33 bits per heavy atom. The lowest BCUT2D eigenvalue weighted by Crippen LogP contribution is -2.00. The lowest BCUT2D eigenvalue weighted by molar-refractivity contribution is 0.415. The van der Waals surface area contributed by atoms with Crippen molar-refractivity contribution in [3.05, 3.63) is 40.0 Å². The summed E-state index contributed by atoms with van der Waals surface area (Å²) in [5.74, 6) is 1.25. The maximum absolute atomic E-state index is 5.84. The van der Waals surface area contributed by atoms with Crippen LogP contribution in [0.1, 0.15) is 0 Å². The number of aromatic nitrogens is 1. The fraction of sp³-hybridized carbons (Fsp3) is 0.0833. The largest absolute Gasteiger partial charge is 0.497 e. The Labute approximate surface area is 118 Å². The van der Waals surface area contributed by atoms with Gasteiger partial charge >= 0.3 is 0 Å². The smallest absolute Gasteiger partial charge is 0.155 e. The Morgan fingerprint density at radius 2 is 2.11 bits per heavy atom. The summed E-state index contributed by atoms with van der Waals surface area (Å²) in [7, 11) is 1.61. The Balaban J connectivity index is 2.36. The molecule has 2 rings (SSSR count). The molecule has 18 heavy (non-hydrogen) atoms. The van der Waals surface area contributed by atoms with E-state index in [0.717, 1.165) is 15.9 Å². The summed E-state index contributed by atoms with van der Waals surface area (Å²) in [6, 6.07) is 8.91. The first-order chi connectivity index (χ1) is 8.60. The van der Waals surface area contributed by atoms with E-state index in [4.69, 9.17) is 22.1 Å². The van der Waals surface area contributed by atoms with Gasteiger partial charge in [0.05, 0.1) is 18.5 Å². The van der Waals surface area contributed by atoms with E-state index in [9.17, 15) is 0 Å². The number of nitrogens with two attached hydrogens (primary N) is 1. The molecule has 0 saturated carbocycles. The SMILES string of the molecule is COc1ccc(Br)c(Nc2nc(Cl)ccc2N)c1. The topological polar surface area (TPSA) is 60.2 Å². The Hall–Kier alpha value is -1.46. The molecule has 3 N–H and O–H groups in total. The number of methoxy groups -OCH3 is 1. The number of nitrogens with one attached hydrogen (secondary N) is 1. The highest BCUT2D eigenvalue weighted by Crippen LogP contribution is 2.31. The summed E-state index contributed by atoms with van der Waals surface area (Å²) in [5.41, 5.74) is 7.15. The van der Waals surface area contributed by atoms with E-state index < -0.39 is 0 Å². The van der Waals surface area contributed by atoms with Crippen LogP contribution in [0.5, 0.6) is 5.75 Å². The highest BCUT2D eigenvalue weighted by atomic mass is 79.9. The molecule has 1 aromatic carbocycles. The zero-order chi connectivity index (χ0) is 13.1. The van der Waals surface area contributed by atoms with Gasteiger partial charge in [0.25, 0.3) is 0 Å². The van der Waals surface area contributed by atoms with Crippen LogP contribution in [0, 0.1) is 0 Å². The lowest BCUT2D eigenvalue weighted by Gasteiger charge is -2.11. The summed E-state index contributed by atoms with van der Waals surface area (Å²) in [5, 5.41) is 3.49. The molecule has 2 aromatic rings. The van der Waals surface area contributed by atoms with Gasteiger partial charge in [-0.05, 0) is 40.2 Å². The number of anilines is 3. The molecular formula is C12H11BrClN3O. The lowest BCUT2D eigenvalue weighted by atomic mass is 10.3. The van der Waals surface area contributed by atoms with Crippen LogP contribution in [-0.4, -0.2) is 12.1 Å². The van der Waals surface area contributed by atoms with Crippen LogP contribution in [0.3, 0.4) is 0 Å². The molecule has 1 heterocycles. The van der Waals surface area contributed by atoms with Gasteiger partial charge in [0.15, 0.2) is 5.82 Å². The van der Waals surface area contributed by atoms with Crippen molar-refractivity contribution < 1.29 is 4.74 Å². The van der Waals surface area contributed by atoms with Crippen molar-refractivity contribution in [2.45, 2.75) is 0 Å². The van der Waals surface area contributed by atoms with Gasteiger partial charge in [0.2, 0.25) is 0 Å². The number of ether oxygens (including phenoxy) is 1. The predicted octanol–water partition coefficient (Wildman–Crippen LogP) is 3.83. The number of hydrogen-bond acceptors (Lipinski definition) is 4. The molecule has 0 aliphatic rings. The van der Waals surface area contributed by atoms with Crippen LogP contribution < -0.4 is 15.8 Å². The normalized spacial score (nSPS) is 10.2. The zero-order valence-electron chi connectivity index (χ0n) is 9.58. The average Bonchev–Trinajstić information content (AvgIpc) is 2.36. The molecule has 0 fully saturated rings. The Kier molecular flexibility index (Phi) is 3.93. The second-order valence-corrected chi connectivity index (χ2v) is 4.78. The van der Waals surface area contributed by atoms with Crippen LogP contribution >= 0.6 is 27.5 Å². The molecule has 94 valence electrons. The van der Waals surface area contributed by atoms with Crippen molar-refractivity contribution in [2.24, 2.45) is 0 Å². The number of nitrogen functional groups attached to an aromatic ring is 1. The molecule has 0 saturated heterocycles.